The lowest BCUT2D eigenvalue weighted by Gasteiger charge is -2.31. The van der Waals surface area contributed by atoms with Gasteiger partial charge in [0.05, 0.1) is 40.4 Å². The van der Waals surface area contributed by atoms with E-state index in [1.54, 1.807) is 60.0 Å². The molecule has 3 amide bonds. The number of amides is 3. The summed E-state index contributed by atoms with van der Waals surface area (Å²) in [4.78, 5) is 63.4. The summed E-state index contributed by atoms with van der Waals surface area (Å²) < 4.78 is 21.5. The normalized spacial score (nSPS) is 17.9. The number of fused-ring (bicyclic) bond motifs is 3. The molecule has 4 aromatic carbocycles. The van der Waals surface area contributed by atoms with Gasteiger partial charge in [-0.2, -0.15) is 5.26 Å². The number of ketones is 2. The number of aromatic nitrogens is 1. The molecule has 0 aliphatic carbocycles. The molecule has 6 aromatic rings. The predicted octanol–water partition coefficient (Wildman–Crippen LogP) is 8.90. The summed E-state index contributed by atoms with van der Waals surface area (Å²) in [6, 6.07) is 34.0. The van der Waals surface area contributed by atoms with Gasteiger partial charge in [-0.25, -0.2) is 14.1 Å². The number of carbonyl (C=O) groups is 5. The molecular weight excluding hydrogens is 857 g/mol. The molecule has 0 fully saturated rings. The Kier molecular flexibility index (Phi) is 13.7. The third-order valence-electron chi connectivity index (χ3n) is 11.4. The van der Waals surface area contributed by atoms with Gasteiger partial charge in [-0.3, -0.25) is 19.2 Å². The van der Waals surface area contributed by atoms with Crippen LogP contribution >= 0.6 is 22.9 Å². The minimum absolute atomic E-state index is 0.0575. The molecule has 3 unspecified atom stereocenters. The van der Waals surface area contributed by atoms with E-state index in [-0.39, 0.29) is 17.4 Å². The number of carbonyl (C=O) groups excluding carboxylic acids is 4. The fraction of sp³-hybridized carbons (Fsp3) is 0.224. The van der Waals surface area contributed by atoms with Crippen LogP contribution in [0.15, 0.2) is 121 Å². The summed E-state index contributed by atoms with van der Waals surface area (Å²) in [5.41, 5.74) is 11.1. The number of rotatable bonds is 10. The molecule has 2 aromatic heterocycles. The van der Waals surface area contributed by atoms with E-state index >= 15 is 0 Å². The molecule has 5 heterocycles. The molecule has 64 heavy (non-hydrogen) atoms. The highest BCUT2D eigenvalue weighted by atomic mass is 35.5. The number of nitriles is 1. The molecule has 15 heteroatoms. The fourth-order valence-electron chi connectivity index (χ4n) is 8.42. The van der Waals surface area contributed by atoms with E-state index in [4.69, 9.17) is 32.4 Å². The Morgan fingerprint density at radius 2 is 1.73 bits per heavy atom. The summed E-state index contributed by atoms with van der Waals surface area (Å²) in [7, 11) is 4.10. The molecule has 12 nitrogen and oxygen atoms in total. The van der Waals surface area contributed by atoms with E-state index in [0.29, 0.717) is 57.5 Å². The lowest BCUT2D eigenvalue weighted by molar-refractivity contribution is -0.138. The highest BCUT2D eigenvalue weighted by Gasteiger charge is 2.45. The topological polar surface area (TPSA) is 176 Å². The molecule has 9 rings (SSSR count). The quantitative estimate of drug-likeness (QED) is 0.100. The van der Waals surface area contributed by atoms with E-state index < -0.39 is 35.3 Å². The number of imide groups is 1. The van der Waals surface area contributed by atoms with Gasteiger partial charge in [0, 0.05) is 22.8 Å². The number of hydrogen-bond acceptors (Lipinski definition) is 9. The predicted molar refractivity (Wildman–Crippen MR) is 240 cm³/mol. The number of urea groups is 1. The number of thiophene rings is 1. The van der Waals surface area contributed by atoms with Crippen molar-refractivity contribution < 1.29 is 38.2 Å². The van der Waals surface area contributed by atoms with Gasteiger partial charge in [0.1, 0.15) is 17.3 Å². The van der Waals surface area contributed by atoms with E-state index in [1.807, 2.05) is 55.1 Å². The van der Waals surface area contributed by atoms with Crippen molar-refractivity contribution in [3.63, 3.8) is 0 Å². The first-order chi connectivity index (χ1) is 30.7. The van der Waals surface area contributed by atoms with E-state index in [9.17, 15) is 28.4 Å². The Hall–Kier alpha value is -6.76. The molecular formula is C49H43ClFN5O7S. The highest BCUT2D eigenvalue weighted by molar-refractivity contribution is 7.12. The number of nitrogens with two attached hydrogens (primary N) is 1. The summed E-state index contributed by atoms with van der Waals surface area (Å²) in [5.74, 6) is -3.70. The van der Waals surface area contributed by atoms with Gasteiger partial charge in [0.2, 0.25) is 5.78 Å². The monoisotopic (exact) mass is 899 g/mol. The number of nitrogens with zero attached hydrogens (tertiary/aromatic N) is 4. The molecule has 326 valence electrons. The molecule has 0 radical (unpaired) electrons. The Morgan fingerprint density at radius 3 is 2.39 bits per heavy atom. The fourth-order valence-corrected chi connectivity index (χ4v) is 9.30. The second-order valence-corrected chi connectivity index (χ2v) is 17.1. The zero-order valence-corrected chi connectivity index (χ0v) is 36.4. The second kappa shape index (κ2) is 19.3. The number of Topliss-reactive ketones (excluding diaryl/α,β-unsaturated/α-hetero) is 1. The zero-order valence-electron chi connectivity index (χ0n) is 34.9. The van der Waals surface area contributed by atoms with Crippen LogP contribution < -0.4 is 10.6 Å². The molecule has 3 N–H and O–H groups in total. The minimum atomic E-state index is -1.08. The molecule has 3 atom stereocenters. The molecule has 3 aliphatic rings. The number of hydrogen-bond donors (Lipinski definition) is 2. The van der Waals surface area contributed by atoms with E-state index in [0.717, 1.165) is 46.7 Å². The lowest BCUT2D eigenvalue weighted by atomic mass is 9.81. The molecule has 0 spiro atoms. The van der Waals surface area contributed by atoms with Crippen LogP contribution in [0.25, 0.3) is 0 Å². The SMILES string of the molecule is CN(C)CCCC1(c2ccc(F)cc2)OCc2cc(C#N)ccc21.NC(=O)N1C(=O)C(C(=O)c2cccs2)c2cc(Cl)ccc21.O=C(c1ccccc1)c1ccc2n1CCC2C(=O)O. The summed E-state index contributed by atoms with van der Waals surface area (Å²) in [6.45, 7) is 2.02. The second-order valence-electron chi connectivity index (χ2n) is 15.7. The number of carboxylic acids is 1. The van der Waals surface area contributed by atoms with Crippen LogP contribution in [0.1, 0.15) is 90.3 Å². The third kappa shape index (κ3) is 9.15. The van der Waals surface area contributed by atoms with Crippen molar-refractivity contribution in [3.05, 3.63) is 181 Å². The van der Waals surface area contributed by atoms with Crippen LogP contribution in [-0.2, 0) is 33.1 Å². The van der Waals surface area contributed by atoms with Crippen LogP contribution in [0.5, 0.6) is 0 Å². The average molecular weight is 900 g/mol. The van der Waals surface area contributed by atoms with Crippen LogP contribution in [0.2, 0.25) is 5.02 Å². The summed E-state index contributed by atoms with van der Waals surface area (Å²) in [6.07, 6.45) is 2.33. The van der Waals surface area contributed by atoms with Crippen LogP contribution in [0, 0.1) is 17.1 Å². The first-order valence-electron chi connectivity index (χ1n) is 20.3. The largest absolute Gasteiger partial charge is 0.481 e. The van der Waals surface area contributed by atoms with Crippen LogP contribution in [0.4, 0.5) is 14.9 Å². The Labute approximate surface area is 377 Å². The van der Waals surface area contributed by atoms with Crippen LogP contribution in [-0.4, -0.2) is 64.7 Å². The Morgan fingerprint density at radius 1 is 0.984 bits per heavy atom. The van der Waals surface area contributed by atoms with Crippen molar-refractivity contribution in [2.75, 3.05) is 25.5 Å². The zero-order chi connectivity index (χ0) is 45.7. The van der Waals surface area contributed by atoms with Gasteiger partial charge in [0.15, 0.2) is 5.78 Å². The smallest absolute Gasteiger partial charge is 0.326 e. The third-order valence-corrected chi connectivity index (χ3v) is 12.5. The van der Waals surface area contributed by atoms with Crippen LogP contribution in [0.3, 0.4) is 0 Å². The number of benzene rings is 4. The van der Waals surface area contributed by atoms with Crippen molar-refractivity contribution in [3.8, 4) is 6.07 Å². The number of primary amides is 1. The molecule has 3 aliphatic heterocycles. The van der Waals surface area contributed by atoms with Gasteiger partial charge in [-0.15, -0.1) is 11.3 Å². The summed E-state index contributed by atoms with van der Waals surface area (Å²) >= 11 is 7.18. The first kappa shape index (κ1) is 45.3. The van der Waals surface area contributed by atoms with Gasteiger partial charge in [-0.1, -0.05) is 66.2 Å². The van der Waals surface area contributed by atoms with Gasteiger partial charge in [-0.05, 0) is 128 Å². The van der Waals surface area contributed by atoms with E-state index in [1.165, 1.54) is 35.6 Å². The minimum Gasteiger partial charge on any atom is -0.481 e. The number of halogens is 2. The highest BCUT2D eigenvalue weighted by Crippen LogP contribution is 2.46. The number of ether oxygens (including phenoxy) is 1. The summed E-state index contributed by atoms with van der Waals surface area (Å²) in [5, 5.41) is 20.4. The Balaban J connectivity index is 0.000000145. The Bertz CT molecular complexity index is 2770. The van der Waals surface area contributed by atoms with Crippen molar-refractivity contribution in [2.24, 2.45) is 5.73 Å². The number of aliphatic carboxylic acids is 1. The maximum atomic E-state index is 13.4. The first-order valence-corrected chi connectivity index (χ1v) is 21.6. The standard InChI is InChI=1S/C20H21FN2O.C15H13NO3.C14H9ClN2O3S/c1-23(2)11-3-10-20(17-5-7-18(21)8-6-17)19-9-4-15(13-22)12-16(19)14-24-20;17-14(10-4-2-1-3-5-10)13-7-6-12-11(15(18)19)8-9-16(12)13;15-7-3-4-9-8(6-7)11(13(19)17(9)14(16)20)12(18)10-2-1-5-21-10/h4-9,12H,3,10-11,14H2,1-2H3;1-7,11H,8-9H2,(H,18,19);1-6,11H,(H2,16,20). The van der Waals surface area contributed by atoms with Gasteiger partial charge >= 0.3 is 12.0 Å². The molecule has 0 saturated heterocycles. The molecule has 0 bridgehead atoms. The van der Waals surface area contributed by atoms with Gasteiger partial charge < -0.3 is 25.0 Å². The average Bonchev–Trinajstić information content (AvgIpc) is 4.13. The van der Waals surface area contributed by atoms with Crippen molar-refractivity contribution in [1.82, 2.24) is 9.47 Å². The van der Waals surface area contributed by atoms with Crippen molar-refractivity contribution >= 4 is 58.1 Å². The number of anilines is 1. The lowest BCUT2D eigenvalue weighted by Crippen LogP contribution is -2.40. The maximum Gasteiger partial charge on any atom is 0.326 e. The number of carboxylic acid groups (broad SMARTS) is 1. The van der Waals surface area contributed by atoms with Gasteiger partial charge in [0.25, 0.3) is 5.91 Å². The molecule has 0 saturated carbocycles. The van der Waals surface area contributed by atoms with Crippen molar-refractivity contribution in [2.45, 2.75) is 49.9 Å². The van der Waals surface area contributed by atoms with E-state index in [2.05, 4.69) is 11.0 Å². The van der Waals surface area contributed by atoms with Crippen molar-refractivity contribution in [1.29, 1.82) is 5.26 Å². The maximum absolute atomic E-state index is 13.4.